The van der Waals surface area contributed by atoms with Crippen molar-refractivity contribution < 1.29 is 53.8 Å². The van der Waals surface area contributed by atoms with Crippen LogP contribution in [0.15, 0.2) is 0 Å². The van der Waals surface area contributed by atoms with Crippen molar-refractivity contribution in [3.8, 4) is 0 Å². The summed E-state index contributed by atoms with van der Waals surface area (Å²) in [5.74, 6) is -1.21. The molecule has 1 saturated heterocycles. The zero-order chi connectivity index (χ0) is 15.2. The molecule has 0 atom stereocenters. The molecule has 1 N–H and O–H groups in total. The van der Waals surface area contributed by atoms with Crippen molar-refractivity contribution in [2.24, 2.45) is 0 Å². The molecular formula is C18H36O3Zn2. The van der Waals surface area contributed by atoms with E-state index in [0.717, 1.165) is 6.42 Å². The van der Waals surface area contributed by atoms with Crippen molar-refractivity contribution >= 4 is 0 Å². The standard InChI is InChI=1S/C18H36O3.2Zn/c1-2-3-4-5-6-7-8-9-10-11-12-13-14-15-16-17-18(19)20-21-18;;/h19H,2-17H2,1H3;;. The van der Waals surface area contributed by atoms with Gasteiger partial charge in [-0.15, -0.1) is 0 Å². The topological polar surface area (TPSA) is 45.3 Å². The first-order valence-electron chi connectivity index (χ1n) is 9.36. The summed E-state index contributed by atoms with van der Waals surface area (Å²) in [6.07, 6.45) is 21.0. The zero-order valence-corrected chi connectivity index (χ0v) is 21.4. The maximum absolute atomic E-state index is 9.29. The second-order valence-electron chi connectivity index (χ2n) is 6.58. The Labute approximate surface area is 169 Å². The number of hydrogen-bond donors (Lipinski definition) is 1. The van der Waals surface area contributed by atoms with E-state index in [1.54, 1.807) is 0 Å². The molecule has 1 heterocycles. The summed E-state index contributed by atoms with van der Waals surface area (Å²) in [5.41, 5.74) is 0. The minimum Gasteiger partial charge on any atom is -0.340 e. The average molecular weight is 431 g/mol. The first kappa shape index (κ1) is 26.4. The molecule has 0 saturated carbocycles. The fourth-order valence-electron chi connectivity index (χ4n) is 2.85. The molecule has 0 aromatic rings. The summed E-state index contributed by atoms with van der Waals surface area (Å²) in [4.78, 5) is 8.94. The summed E-state index contributed by atoms with van der Waals surface area (Å²) in [5, 5.41) is 9.29. The van der Waals surface area contributed by atoms with Gasteiger partial charge in [-0.2, -0.15) is 9.78 Å². The van der Waals surface area contributed by atoms with Gasteiger partial charge in [0.05, 0.1) is 0 Å². The predicted octanol–water partition coefficient (Wildman–Crippen LogP) is 5.85. The Morgan fingerprint density at radius 1 is 0.565 bits per heavy atom. The van der Waals surface area contributed by atoms with E-state index in [-0.39, 0.29) is 39.0 Å². The average Bonchev–Trinajstić information content (AvgIpc) is 3.21. The molecule has 0 spiro atoms. The third kappa shape index (κ3) is 17.7. The summed E-state index contributed by atoms with van der Waals surface area (Å²) in [6.45, 7) is 2.28. The number of hydrogen-bond acceptors (Lipinski definition) is 3. The van der Waals surface area contributed by atoms with Gasteiger partial charge in [0, 0.05) is 45.4 Å². The van der Waals surface area contributed by atoms with E-state index in [0.29, 0.717) is 6.42 Å². The van der Waals surface area contributed by atoms with Crippen LogP contribution in [-0.4, -0.2) is 11.1 Å². The van der Waals surface area contributed by atoms with Crippen LogP contribution in [0, 0.1) is 0 Å². The Balaban J connectivity index is 0. The van der Waals surface area contributed by atoms with Gasteiger partial charge in [0.1, 0.15) is 0 Å². The van der Waals surface area contributed by atoms with E-state index in [9.17, 15) is 5.11 Å². The van der Waals surface area contributed by atoms with Gasteiger partial charge >= 0.3 is 5.97 Å². The number of unbranched alkanes of at least 4 members (excludes halogenated alkanes) is 14. The summed E-state index contributed by atoms with van der Waals surface area (Å²) in [7, 11) is 0. The second kappa shape index (κ2) is 17.9. The molecule has 1 aliphatic heterocycles. The van der Waals surface area contributed by atoms with E-state index >= 15 is 0 Å². The number of rotatable bonds is 16. The van der Waals surface area contributed by atoms with Crippen molar-refractivity contribution in [3.05, 3.63) is 0 Å². The third-order valence-corrected chi connectivity index (χ3v) is 4.37. The zero-order valence-electron chi connectivity index (χ0n) is 15.5. The Hall–Kier alpha value is 1.13. The predicted molar refractivity (Wildman–Crippen MR) is 86.7 cm³/mol. The summed E-state index contributed by atoms with van der Waals surface area (Å²) in [6, 6.07) is 0. The molecule has 5 heteroatoms. The SMILES string of the molecule is CCCCCCCCCCCCCCCCCC1(O)OO1.[Zn].[Zn]. The smallest absolute Gasteiger partial charge is 0.337 e. The van der Waals surface area contributed by atoms with Crippen LogP contribution in [-0.2, 0) is 48.7 Å². The Kier molecular flexibility index (Phi) is 20.6. The molecule has 0 aliphatic carbocycles. The van der Waals surface area contributed by atoms with Crippen LogP contribution in [0.2, 0.25) is 0 Å². The van der Waals surface area contributed by atoms with Crippen molar-refractivity contribution in [2.45, 2.75) is 116 Å². The molecule has 130 valence electrons. The van der Waals surface area contributed by atoms with Gasteiger partial charge in [-0.1, -0.05) is 96.8 Å². The van der Waals surface area contributed by atoms with E-state index < -0.39 is 5.97 Å². The molecule has 1 fully saturated rings. The largest absolute Gasteiger partial charge is 0.340 e. The first-order chi connectivity index (χ1) is 10.3. The molecule has 3 nitrogen and oxygen atoms in total. The second-order valence-corrected chi connectivity index (χ2v) is 6.58. The van der Waals surface area contributed by atoms with Gasteiger partial charge in [-0.05, 0) is 6.42 Å². The fourth-order valence-corrected chi connectivity index (χ4v) is 2.85. The van der Waals surface area contributed by atoms with Crippen LogP contribution in [0.4, 0.5) is 0 Å². The van der Waals surface area contributed by atoms with Gasteiger partial charge in [-0.25, -0.2) is 0 Å². The third-order valence-electron chi connectivity index (χ3n) is 4.37. The maximum Gasteiger partial charge on any atom is 0.337 e. The minimum absolute atomic E-state index is 0. The molecular weight excluding hydrogens is 395 g/mol. The monoisotopic (exact) mass is 428 g/mol. The van der Waals surface area contributed by atoms with E-state index in [1.807, 2.05) is 0 Å². The van der Waals surface area contributed by atoms with Gasteiger partial charge in [-0.3, -0.25) is 0 Å². The normalized spacial score (nSPS) is 14.9. The molecule has 0 aromatic heterocycles. The van der Waals surface area contributed by atoms with Gasteiger partial charge in [0.15, 0.2) is 0 Å². The molecule has 0 radical (unpaired) electrons. The van der Waals surface area contributed by atoms with Crippen LogP contribution >= 0.6 is 0 Å². The molecule has 0 amide bonds. The van der Waals surface area contributed by atoms with Crippen LogP contribution < -0.4 is 0 Å². The first-order valence-corrected chi connectivity index (χ1v) is 9.36. The summed E-state index contributed by atoms with van der Waals surface area (Å²) < 4.78 is 0. The Morgan fingerprint density at radius 3 is 1.17 bits per heavy atom. The van der Waals surface area contributed by atoms with E-state index in [1.165, 1.54) is 89.9 Å². The molecule has 1 aliphatic rings. The molecule has 1 rings (SSSR count). The minimum atomic E-state index is -1.21. The van der Waals surface area contributed by atoms with Gasteiger partial charge < -0.3 is 5.11 Å². The summed E-state index contributed by atoms with van der Waals surface area (Å²) >= 11 is 0. The van der Waals surface area contributed by atoms with Gasteiger partial charge in [0.25, 0.3) is 0 Å². The molecule has 0 bridgehead atoms. The van der Waals surface area contributed by atoms with E-state index in [2.05, 4.69) is 16.7 Å². The Morgan fingerprint density at radius 2 is 0.870 bits per heavy atom. The van der Waals surface area contributed by atoms with Crippen LogP contribution in [0.1, 0.15) is 110 Å². The molecule has 23 heavy (non-hydrogen) atoms. The van der Waals surface area contributed by atoms with Gasteiger partial charge in [0.2, 0.25) is 0 Å². The quantitative estimate of drug-likeness (QED) is 0.144. The van der Waals surface area contributed by atoms with Crippen LogP contribution in [0.25, 0.3) is 0 Å². The maximum atomic E-state index is 9.29. The van der Waals surface area contributed by atoms with Crippen molar-refractivity contribution in [1.82, 2.24) is 0 Å². The molecule has 0 aromatic carbocycles. The van der Waals surface area contributed by atoms with Crippen molar-refractivity contribution in [3.63, 3.8) is 0 Å². The number of aliphatic hydroxyl groups is 1. The molecule has 0 unspecified atom stereocenters. The fraction of sp³-hybridized carbons (Fsp3) is 1.00. The van der Waals surface area contributed by atoms with Crippen molar-refractivity contribution in [1.29, 1.82) is 0 Å². The van der Waals surface area contributed by atoms with Crippen LogP contribution in [0.3, 0.4) is 0 Å². The Bertz CT molecular complexity index is 236. The van der Waals surface area contributed by atoms with E-state index in [4.69, 9.17) is 0 Å². The van der Waals surface area contributed by atoms with Crippen LogP contribution in [0.5, 0.6) is 0 Å². The van der Waals surface area contributed by atoms with Crippen molar-refractivity contribution in [2.75, 3.05) is 0 Å².